The minimum Gasteiger partial charge on any atom is -0.486 e. The van der Waals surface area contributed by atoms with Gasteiger partial charge in [0.1, 0.15) is 36.5 Å². The van der Waals surface area contributed by atoms with Crippen molar-refractivity contribution in [1.82, 2.24) is 20.1 Å². The average molecular weight is 599 g/mol. The summed E-state index contributed by atoms with van der Waals surface area (Å²) >= 11 is 7.04. The smallest absolute Gasteiger partial charge is 0.303 e. The highest BCUT2D eigenvalue weighted by Crippen LogP contribution is 2.36. The van der Waals surface area contributed by atoms with Crippen LogP contribution in [-0.2, 0) is 51.3 Å². The second-order valence-corrected chi connectivity index (χ2v) is 10.2. The fourth-order valence-electron chi connectivity index (χ4n) is 4.00. The minimum absolute atomic E-state index is 0.114. The Morgan fingerprint density at radius 1 is 1.00 bits per heavy atom. The molecule has 1 amide bonds. The molecule has 1 saturated heterocycles. The van der Waals surface area contributed by atoms with Crippen LogP contribution in [0.4, 0.5) is 0 Å². The van der Waals surface area contributed by atoms with E-state index in [1.807, 2.05) is 6.92 Å². The molecule has 2 aromatic rings. The van der Waals surface area contributed by atoms with E-state index in [1.54, 1.807) is 28.8 Å². The molecule has 1 N–H and O–H groups in total. The van der Waals surface area contributed by atoms with Gasteiger partial charge >= 0.3 is 17.9 Å². The van der Waals surface area contributed by atoms with E-state index in [9.17, 15) is 19.2 Å². The normalized spacial score (nSPS) is 22.2. The van der Waals surface area contributed by atoms with E-state index >= 15 is 0 Å². The Balaban J connectivity index is 1.92. The average Bonchev–Trinajstić information content (AvgIpc) is 3.26. The van der Waals surface area contributed by atoms with Gasteiger partial charge in [-0.1, -0.05) is 23.4 Å². The van der Waals surface area contributed by atoms with Crippen LogP contribution in [0.2, 0.25) is 5.02 Å². The molecular formula is C25H31ClN4O9S. The summed E-state index contributed by atoms with van der Waals surface area (Å²) in [5, 5.41) is 12.3. The summed E-state index contributed by atoms with van der Waals surface area (Å²) in [4.78, 5) is 47.7. The molecule has 0 saturated carbocycles. The topological polar surface area (TPSA) is 157 Å². The predicted molar refractivity (Wildman–Crippen MR) is 141 cm³/mol. The summed E-state index contributed by atoms with van der Waals surface area (Å²) in [7, 11) is 0. The molecule has 1 aliphatic heterocycles. The fraction of sp³-hybridized carbons (Fsp3) is 0.520. The molecule has 0 bridgehead atoms. The lowest BCUT2D eigenvalue weighted by molar-refractivity contribution is -0.211. The van der Waals surface area contributed by atoms with Crippen LogP contribution < -0.4 is 10.1 Å². The number of carbonyl (C=O) groups is 4. The molecule has 1 aromatic heterocycles. The Morgan fingerprint density at radius 2 is 1.65 bits per heavy atom. The molecule has 0 aliphatic carbocycles. The third-order valence-corrected chi connectivity index (χ3v) is 6.99. The second-order valence-electron chi connectivity index (χ2n) is 8.72. The number of nitrogens with one attached hydrogen (secondary N) is 1. The number of carbonyl (C=O) groups excluding carboxylic acids is 4. The third kappa shape index (κ3) is 8.57. The molecule has 3 rings (SSSR count). The summed E-state index contributed by atoms with van der Waals surface area (Å²) in [6, 6.07) is 5.91. The SMILES string of the molecule is CCn1c(COc2ccc(Cl)cc2)nnc1S[C@@H]1O[C@H](COC(C)=O)[C@@H](OC(C)=O)[C@H](OC(C)=O)[C@H]1NC(C)=O. The molecule has 15 heteroatoms. The number of hydrogen-bond donors (Lipinski definition) is 1. The molecule has 0 unspecified atom stereocenters. The predicted octanol–water partition coefficient (Wildman–Crippen LogP) is 2.28. The van der Waals surface area contributed by atoms with Crippen LogP contribution in [0.25, 0.3) is 0 Å². The van der Waals surface area contributed by atoms with Crippen molar-refractivity contribution >= 4 is 47.2 Å². The summed E-state index contributed by atoms with van der Waals surface area (Å²) < 4.78 is 29.9. The molecule has 1 aliphatic rings. The number of rotatable bonds is 11. The third-order valence-electron chi connectivity index (χ3n) is 5.58. The Bertz CT molecular complexity index is 1210. The molecule has 2 heterocycles. The Hall–Kier alpha value is -3.36. The highest BCUT2D eigenvalue weighted by atomic mass is 35.5. The van der Waals surface area contributed by atoms with Crippen molar-refractivity contribution < 1.29 is 42.9 Å². The zero-order valence-electron chi connectivity index (χ0n) is 22.6. The molecule has 218 valence electrons. The van der Waals surface area contributed by atoms with Gasteiger partial charge < -0.3 is 33.6 Å². The summed E-state index contributed by atoms with van der Waals surface area (Å²) in [6.07, 6.45) is -3.37. The van der Waals surface area contributed by atoms with Crippen LogP contribution in [0.15, 0.2) is 29.4 Å². The van der Waals surface area contributed by atoms with E-state index in [1.165, 1.54) is 27.7 Å². The molecule has 1 aromatic carbocycles. The lowest BCUT2D eigenvalue weighted by Crippen LogP contribution is -2.65. The van der Waals surface area contributed by atoms with Gasteiger partial charge in [0, 0.05) is 39.3 Å². The molecule has 5 atom stereocenters. The lowest BCUT2D eigenvalue weighted by Gasteiger charge is -2.44. The summed E-state index contributed by atoms with van der Waals surface area (Å²) in [6.45, 7) is 7.07. The first-order chi connectivity index (χ1) is 19.0. The highest BCUT2D eigenvalue weighted by Gasteiger charge is 2.51. The first-order valence-electron chi connectivity index (χ1n) is 12.4. The van der Waals surface area contributed by atoms with Crippen molar-refractivity contribution in [2.24, 2.45) is 0 Å². The van der Waals surface area contributed by atoms with E-state index in [0.29, 0.717) is 28.3 Å². The number of esters is 3. The van der Waals surface area contributed by atoms with Crippen LogP contribution in [-0.4, -0.2) is 75.0 Å². The van der Waals surface area contributed by atoms with Gasteiger partial charge in [-0.15, -0.1) is 10.2 Å². The number of amides is 1. The van der Waals surface area contributed by atoms with E-state index in [0.717, 1.165) is 11.8 Å². The maximum absolute atomic E-state index is 12.2. The highest BCUT2D eigenvalue weighted by molar-refractivity contribution is 7.99. The van der Waals surface area contributed by atoms with Crippen LogP contribution in [0.5, 0.6) is 5.75 Å². The molecular weight excluding hydrogens is 568 g/mol. The summed E-state index contributed by atoms with van der Waals surface area (Å²) in [5.74, 6) is -1.25. The van der Waals surface area contributed by atoms with Gasteiger partial charge in [-0.3, -0.25) is 19.2 Å². The number of benzene rings is 1. The lowest BCUT2D eigenvalue weighted by atomic mass is 9.97. The number of halogens is 1. The maximum atomic E-state index is 12.2. The van der Waals surface area contributed by atoms with Crippen LogP contribution in [0, 0.1) is 0 Å². The maximum Gasteiger partial charge on any atom is 0.303 e. The minimum atomic E-state index is -1.18. The van der Waals surface area contributed by atoms with Crippen LogP contribution >= 0.6 is 23.4 Å². The van der Waals surface area contributed by atoms with Crippen molar-refractivity contribution in [1.29, 1.82) is 0 Å². The van der Waals surface area contributed by atoms with Crippen LogP contribution in [0.3, 0.4) is 0 Å². The monoisotopic (exact) mass is 598 g/mol. The number of hydrogen-bond acceptors (Lipinski definition) is 12. The van der Waals surface area contributed by atoms with Crippen molar-refractivity contribution in [3.05, 3.63) is 35.1 Å². The van der Waals surface area contributed by atoms with E-state index in [4.69, 9.17) is 35.3 Å². The fourth-order valence-corrected chi connectivity index (χ4v) is 5.36. The first kappa shape index (κ1) is 31.2. The van der Waals surface area contributed by atoms with Crippen molar-refractivity contribution in [3.63, 3.8) is 0 Å². The molecule has 13 nitrogen and oxygen atoms in total. The number of aromatic nitrogens is 3. The van der Waals surface area contributed by atoms with Gasteiger partial charge in [0.25, 0.3) is 0 Å². The molecule has 0 radical (unpaired) electrons. The van der Waals surface area contributed by atoms with Crippen molar-refractivity contribution in [2.45, 2.75) is 82.7 Å². The molecule has 1 fully saturated rings. The van der Waals surface area contributed by atoms with Gasteiger partial charge in [0.05, 0.1) is 0 Å². The van der Waals surface area contributed by atoms with Crippen molar-refractivity contribution in [3.8, 4) is 5.75 Å². The second kappa shape index (κ2) is 14.3. The van der Waals surface area contributed by atoms with E-state index < -0.39 is 53.6 Å². The van der Waals surface area contributed by atoms with Gasteiger partial charge in [-0.25, -0.2) is 0 Å². The van der Waals surface area contributed by atoms with Crippen LogP contribution in [0.1, 0.15) is 40.4 Å². The summed E-state index contributed by atoms with van der Waals surface area (Å²) in [5.41, 5.74) is -0.917. The van der Waals surface area contributed by atoms with Gasteiger partial charge in [0.15, 0.2) is 23.2 Å². The Labute approximate surface area is 240 Å². The number of ether oxygens (including phenoxy) is 5. The quantitative estimate of drug-likeness (QED) is 0.298. The standard InChI is InChI=1S/C25H31ClN4O9S/c1-6-30-20(12-36-18-9-7-17(26)8-10-18)28-29-25(30)40-24-21(27-13(2)31)23(38-16(5)34)22(37-15(4)33)19(39-24)11-35-14(3)32/h7-10,19,21-24H,6,11-12H2,1-5H3,(H,27,31)/t19-,21-,22-,23-,24+/m1/s1. The molecule has 0 spiro atoms. The first-order valence-corrected chi connectivity index (χ1v) is 13.6. The van der Waals surface area contributed by atoms with E-state index in [-0.39, 0.29) is 13.2 Å². The number of nitrogens with zero attached hydrogens (tertiary/aromatic N) is 3. The van der Waals surface area contributed by atoms with Gasteiger partial charge in [-0.2, -0.15) is 0 Å². The van der Waals surface area contributed by atoms with E-state index in [2.05, 4.69) is 15.5 Å². The Kier molecular flexibility index (Phi) is 11.2. The van der Waals surface area contributed by atoms with Crippen molar-refractivity contribution in [2.75, 3.05) is 6.61 Å². The largest absolute Gasteiger partial charge is 0.486 e. The Morgan fingerprint density at radius 3 is 2.23 bits per heavy atom. The number of thioether (sulfide) groups is 1. The zero-order valence-corrected chi connectivity index (χ0v) is 24.2. The zero-order chi connectivity index (χ0) is 29.4. The van der Waals surface area contributed by atoms with Gasteiger partial charge in [0.2, 0.25) is 5.91 Å². The van der Waals surface area contributed by atoms with Gasteiger partial charge in [-0.05, 0) is 31.2 Å². The molecule has 40 heavy (non-hydrogen) atoms.